The van der Waals surface area contributed by atoms with Crippen LogP contribution in [0.4, 0.5) is 4.79 Å². The van der Waals surface area contributed by atoms with Gasteiger partial charge in [-0.3, -0.25) is 0 Å². The summed E-state index contributed by atoms with van der Waals surface area (Å²) >= 11 is 0. The van der Waals surface area contributed by atoms with Crippen LogP contribution in [0.3, 0.4) is 0 Å². The first-order chi connectivity index (χ1) is 1.73. The Balaban J connectivity index is -0.0000000150. The van der Waals surface area contributed by atoms with E-state index >= 15 is 0 Å². The van der Waals surface area contributed by atoms with E-state index in [1.165, 1.54) is 0 Å². The van der Waals surface area contributed by atoms with Crippen molar-refractivity contribution in [3.63, 3.8) is 0 Å². The molecule has 0 aromatic rings. The zero-order valence-corrected chi connectivity index (χ0v) is 6.37. The van der Waals surface area contributed by atoms with Crippen LogP contribution in [0.2, 0.25) is 0 Å². The third kappa shape index (κ3) is 134. The normalized spacial score (nSPS) is 3.43. The Kier molecular flexibility index (Phi) is 54.0. The Labute approximate surface area is 80.7 Å². The van der Waals surface area contributed by atoms with E-state index in [1.54, 1.807) is 0 Å². The van der Waals surface area contributed by atoms with Crippen LogP contribution in [-0.4, -0.2) is 6.16 Å². The van der Waals surface area contributed by atoms with Crippen LogP contribution in [-0.2, 0) is 22.4 Å². The van der Waals surface area contributed by atoms with Gasteiger partial charge in [0.25, 0.3) is 0 Å². The Bertz CT molecular complexity index is 35.9. The average Bonchev–Trinajstić information content (AvgIpc) is 0.811. The molecule has 1 radical (unpaired) electrons. The molecule has 0 bridgehead atoms. The van der Waals surface area contributed by atoms with Gasteiger partial charge in [-0.1, -0.05) is 0 Å². The van der Waals surface area contributed by atoms with E-state index in [0.717, 1.165) is 0 Å². The number of hydrogen-bond acceptors (Lipinski definition) is 3. The van der Waals surface area contributed by atoms with Crippen LogP contribution in [0.15, 0.2) is 0 Å². The summed E-state index contributed by atoms with van der Waals surface area (Å²) in [6, 6.07) is 0. The monoisotopic (exact) mass is 167 g/mol. The van der Waals surface area contributed by atoms with E-state index in [2.05, 4.69) is 0 Å². The number of carboxylic acid groups (broad SMARTS) is 2. The first kappa shape index (κ1) is 24.1. The molecule has 0 saturated carbocycles. The Morgan fingerprint density at radius 3 is 1.14 bits per heavy atom. The van der Waals surface area contributed by atoms with Crippen molar-refractivity contribution in [2.24, 2.45) is 0 Å². The van der Waals surface area contributed by atoms with Gasteiger partial charge in [0.05, 0.1) is 0 Å². The molecule has 0 spiro atoms. The predicted molar refractivity (Wildman–Crippen MR) is 5.40 cm³/mol. The maximum atomic E-state index is 8.33. The average molecular weight is 167 g/mol. The van der Waals surface area contributed by atoms with E-state index in [0.29, 0.717) is 0 Å². The van der Waals surface area contributed by atoms with E-state index < -0.39 is 6.16 Å². The van der Waals surface area contributed by atoms with Gasteiger partial charge in [-0.2, -0.15) is 0 Å². The van der Waals surface area contributed by atoms with Gasteiger partial charge in [0.2, 0.25) is 0 Å². The maximum absolute atomic E-state index is 8.33. The van der Waals surface area contributed by atoms with E-state index in [4.69, 9.17) is 15.0 Å². The van der Waals surface area contributed by atoms with Crippen LogP contribution in [0.1, 0.15) is 0 Å². The number of carbonyl (C=O) groups is 1. The second kappa shape index (κ2) is 15.7. The van der Waals surface area contributed by atoms with Crippen LogP contribution < -0.4 is 47.9 Å². The summed E-state index contributed by atoms with van der Waals surface area (Å²) in [6.07, 6.45) is -2.33. The van der Waals surface area contributed by atoms with Gasteiger partial charge < -0.3 is 15.0 Å². The molecular formula is CLi2NbO3. The van der Waals surface area contributed by atoms with Gasteiger partial charge in [0.15, 0.2) is 0 Å². The summed E-state index contributed by atoms with van der Waals surface area (Å²) in [5.41, 5.74) is 0. The van der Waals surface area contributed by atoms with Crippen LogP contribution in [0.5, 0.6) is 0 Å². The Morgan fingerprint density at radius 2 is 1.14 bits per heavy atom. The van der Waals surface area contributed by atoms with Crippen molar-refractivity contribution in [1.82, 2.24) is 0 Å². The first-order valence-electron chi connectivity index (χ1n) is 0.612. The molecule has 0 aromatic heterocycles. The van der Waals surface area contributed by atoms with Crippen molar-refractivity contribution in [2.45, 2.75) is 0 Å². The zero-order valence-electron chi connectivity index (χ0n) is 4.17. The van der Waals surface area contributed by atoms with Crippen molar-refractivity contribution in [3.8, 4) is 0 Å². The van der Waals surface area contributed by atoms with Crippen molar-refractivity contribution in [3.05, 3.63) is 0 Å². The van der Waals surface area contributed by atoms with Crippen molar-refractivity contribution < 1.29 is 75.1 Å². The number of carbonyl (C=O) groups excluding carboxylic acids is 1. The maximum Gasteiger partial charge on any atom is 1.00 e. The fourth-order valence-corrected chi connectivity index (χ4v) is 0. The second-order valence-electron chi connectivity index (χ2n) is 0.250. The van der Waals surface area contributed by atoms with Gasteiger partial charge in [-0.15, -0.1) is 0 Å². The summed E-state index contributed by atoms with van der Waals surface area (Å²) in [4.78, 5) is 8.33. The van der Waals surface area contributed by atoms with Gasteiger partial charge >= 0.3 is 37.7 Å². The SMILES string of the molecule is O=C([O-])[O-].[Li+].[Li+].[Nb]. The van der Waals surface area contributed by atoms with Crippen molar-refractivity contribution in [1.29, 1.82) is 0 Å². The van der Waals surface area contributed by atoms with Crippen LogP contribution in [0, 0.1) is 0 Å². The fourth-order valence-electron chi connectivity index (χ4n) is 0. The number of hydrogen-bond donors (Lipinski definition) is 0. The molecule has 29 valence electrons. The van der Waals surface area contributed by atoms with E-state index in [-0.39, 0.29) is 60.1 Å². The summed E-state index contributed by atoms with van der Waals surface area (Å²) < 4.78 is 0. The molecular weight excluding hydrogens is 167 g/mol. The molecule has 0 saturated heterocycles. The second-order valence-corrected chi connectivity index (χ2v) is 0.250. The quantitative estimate of drug-likeness (QED) is 0.336. The molecule has 0 aliphatic carbocycles. The van der Waals surface area contributed by atoms with Crippen molar-refractivity contribution in [2.75, 3.05) is 0 Å². The smallest absolute Gasteiger partial charge is 0.652 e. The zero-order chi connectivity index (χ0) is 3.58. The topological polar surface area (TPSA) is 63.2 Å². The van der Waals surface area contributed by atoms with Gasteiger partial charge in [-0.25, -0.2) is 0 Å². The molecule has 6 heteroatoms. The minimum atomic E-state index is -2.33. The van der Waals surface area contributed by atoms with Gasteiger partial charge in [0, 0.05) is 22.4 Å². The molecule has 0 aliphatic heterocycles. The molecule has 0 unspecified atom stereocenters. The first-order valence-corrected chi connectivity index (χ1v) is 0.612. The van der Waals surface area contributed by atoms with E-state index in [1.807, 2.05) is 0 Å². The predicted octanol–water partition coefficient (Wildman–Crippen LogP) is -8.44. The third-order valence-electron chi connectivity index (χ3n) is 0. The molecule has 7 heavy (non-hydrogen) atoms. The molecule has 0 atom stereocenters. The van der Waals surface area contributed by atoms with Crippen molar-refractivity contribution >= 4 is 6.16 Å². The molecule has 3 nitrogen and oxygen atoms in total. The molecule has 0 aliphatic rings. The molecule has 0 N–H and O–H groups in total. The molecule has 0 aromatic carbocycles. The summed E-state index contributed by atoms with van der Waals surface area (Å²) in [6.45, 7) is 0. The van der Waals surface area contributed by atoms with Gasteiger partial charge in [0.1, 0.15) is 0 Å². The minimum Gasteiger partial charge on any atom is -0.652 e. The molecule has 0 fully saturated rings. The van der Waals surface area contributed by atoms with Crippen LogP contribution >= 0.6 is 0 Å². The Hall–Kier alpha value is 1.21. The minimum absolute atomic E-state index is 0. The standard InChI is InChI=1S/CH2O3.2Li.Nb/c2-1(3)4;;;/h(H2,2,3,4);;;/q;2*+1;/p-2. The Morgan fingerprint density at radius 1 is 1.14 bits per heavy atom. The summed E-state index contributed by atoms with van der Waals surface area (Å²) in [5.74, 6) is 0. The summed E-state index contributed by atoms with van der Waals surface area (Å²) in [7, 11) is 0. The molecule has 0 amide bonds. The molecule has 0 heterocycles. The summed E-state index contributed by atoms with van der Waals surface area (Å²) in [5, 5.41) is 16.7. The largest absolute Gasteiger partial charge is 1.00 e. The number of rotatable bonds is 0. The fraction of sp³-hybridized carbons (Fsp3) is 0. The van der Waals surface area contributed by atoms with Gasteiger partial charge in [-0.05, 0) is 6.16 Å². The van der Waals surface area contributed by atoms with E-state index in [9.17, 15) is 0 Å². The third-order valence-corrected chi connectivity index (χ3v) is 0. The molecule has 0 rings (SSSR count). The van der Waals surface area contributed by atoms with Crippen LogP contribution in [0.25, 0.3) is 0 Å².